The van der Waals surface area contributed by atoms with Gasteiger partial charge in [-0.15, -0.1) is 11.8 Å². The van der Waals surface area contributed by atoms with Gasteiger partial charge >= 0.3 is 6.03 Å². The van der Waals surface area contributed by atoms with Crippen molar-refractivity contribution in [1.82, 2.24) is 14.9 Å². The molecule has 2 aromatic carbocycles. The number of anilines is 2. The minimum absolute atomic E-state index is 0.0710. The quantitative estimate of drug-likeness (QED) is 0.262. The first-order valence-electron chi connectivity index (χ1n) is 13.2. The van der Waals surface area contributed by atoms with Crippen LogP contribution in [0, 0.1) is 0 Å². The van der Waals surface area contributed by atoms with Crippen LogP contribution < -0.4 is 10.6 Å². The van der Waals surface area contributed by atoms with E-state index in [4.69, 9.17) is 9.72 Å². The molecule has 0 saturated carbocycles. The molecule has 0 atom stereocenters. The van der Waals surface area contributed by atoms with E-state index in [0.717, 1.165) is 76.7 Å². The van der Waals surface area contributed by atoms with Crippen molar-refractivity contribution < 1.29 is 9.53 Å². The summed E-state index contributed by atoms with van der Waals surface area (Å²) in [5.41, 5.74) is 5.62. The molecule has 1 saturated heterocycles. The fourth-order valence-corrected chi connectivity index (χ4v) is 5.20. The number of thioether (sulfide) groups is 1. The third kappa shape index (κ3) is 6.41. The van der Waals surface area contributed by atoms with Gasteiger partial charge in [0.05, 0.1) is 30.3 Å². The SMILES string of the molecule is CSc1ncc(C(C)(C)C)cc1NC(=O)Nc1ccc(-c2ccc(CN3CCOCC3)nc2)c2ccccc12. The number of hydrogen-bond donors (Lipinski definition) is 2. The predicted molar refractivity (Wildman–Crippen MR) is 161 cm³/mol. The Kier molecular flexibility index (Phi) is 8.16. The predicted octanol–water partition coefficient (Wildman–Crippen LogP) is 6.79. The van der Waals surface area contributed by atoms with Gasteiger partial charge in [-0.1, -0.05) is 57.2 Å². The summed E-state index contributed by atoms with van der Waals surface area (Å²) in [7, 11) is 0. The zero-order chi connectivity index (χ0) is 27.4. The van der Waals surface area contributed by atoms with Crippen molar-refractivity contribution in [2.45, 2.75) is 37.8 Å². The van der Waals surface area contributed by atoms with Crippen LogP contribution in [0.25, 0.3) is 21.9 Å². The van der Waals surface area contributed by atoms with E-state index in [0.29, 0.717) is 5.69 Å². The van der Waals surface area contributed by atoms with Crippen LogP contribution in [-0.2, 0) is 16.7 Å². The van der Waals surface area contributed by atoms with Crippen LogP contribution in [0.2, 0.25) is 0 Å². The molecule has 0 aliphatic carbocycles. The van der Waals surface area contributed by atoms with Crippen molar-refractivity contribution in [3.8, 4) is 11.1 Å². The number of amides is 2. The number of urea groups is 1. The summed E-state index contributed by atoms with van der Waals surface area (Å²) in [6, 6.07) is 18.1. The third-order valence-corrected chi connectivity index (χ3v) is 7.67. The maximum atomic E-state index is 13.1. The second kappa shape index (κ2) is 11.7. The van der Waals surface area contributed by atoms with E-state index < -0.39 is 0 Å². The van der Waals surface area contributed by atoms with Gasteiger partial charge < -0.3 is 15.4 Å². The Balaban J connectivity index is 1.36. The van der Waals surface area contributed by atoms with E-state index in [1.54, 1.807) is 0 Å². The van der Waals surface area contributed by atoms with Gasteiger partial charge in [0, 0.05) is 43.0 Å². The molecule has 7 nitrogen and oxygen atoms in total. The van der Waals surface area contributed by atoms with Gasteiger partial charge in [0.25, 0.3) is 0 Å². The zero-order valence-corrected chi connectivity index (χ0v) is 23.8. The number of morpholine rings is 1. The monoisotopic (exact) mass is 541 g/mol. The molecule has 0 bridgehead atoms. The van der Waals surface area contributed by atoms with Crippen molar-refractivity contribution in [2.24, 2.45) is 0 Å². The first kappa shape index (κ1) is 27.1. The van der Waals surface area contributed by atoms with Gasteiger partial charge in [-0.25, -0.2) is 9.78 Å². The van der Waals surface area contributed by atoms with E-state index in [-0.39, 0.29) is 11.4 Å². The average molecular weight is 542 g/mol. The normalized spacial score (nSPS) is 14.4. The average Bonchev–Trinajstić information content (AvgIpc) is 2.94. The van der Waals surface area contributed by atoms with Crippen molar-refractivity contribution >= 4 is 39.9 Å². The molecule has 1 fully saturated rings. The number of pyridine rings is 2. The number of aromatic nitrogens is 2. The molecule has 1 aliphatic heterocycles. The highest BCUT2D eigenvalue weighted by Gasteiger charge is 2.18. The number of fused-ring (bicyclic) bond motifs is 1. The Bertz CT molecular complexity index is 1460. The molecule has 0 unspecified atom stereocenters. The van der Waals surface area contributed by atoms with E-state index in [1.807, 2.05) is 55.0 Å². The van der Waals surface area contributed by atoms with Crippen molar-refractivity contribution in [1.29, 1.82) is 0 Å². The molecule has 1 aliphatic rings. The molecule has 2 aromatic heterocycles. The Hall–Kier alpha value is -3.46. The summed E-state index contributed by atoms with van der Waals surface area (Å²) < 4.78 is 5.45. The van der Waals surface area contributed by atoms with Crippen LogP contribution in [0.15, 0.2) is 72.0 Å². The summed E-state index contributed by atoms with van der Waals surface area (Å²) in [6.07, 6.45) is 5.78. The molecule has 5 rings (SSSR count). The number of rotatable bonds is 6. The van der Waals surface area contributed by atoms with Crippen molar-refractivity contribution in [2.75, 3.05) is 43.2 Å². The molecule has 0 spiro atoms. The summed E-state index contributed by atoms with van der Waals surface area (Å²) in [5, 5.41) is 8.88. The lowest BCUT2D eigenvalue weighted by molar-refractivity contribution is 0.0336. The summed E-state index contributed by atoms with van der Waals surface area (Å²) in [6.45, 7) is 10.7. The molecule has 2 amide bonds. The number of carbonyl (C=O) groups is 1. The molecular weight excluding hydrogens is 506 g/mol. The molecule has 2 N–H and O–H groups in total. The fraction of sp³-hybridized carbons (Fsp3) is 0.323. The van der Waals surface area contributed by atoms with Crippen LogP contribution in [0.4, 0.5) is 16.2 Å². The molecule has 4 aromatic rings. The highest BCUT2D eigenvalue weighted by Crippen LogP contribution is 2.34. The summed E-state index contributed by atoms with van der Waals surface area (Å²) >= 11 is 1.51. The topological polar surface area (TPSA) is 79.4 Å². The maximum Gasteiger partial charge on any atom is 0.323 e. The van der Waals surface area contributed by atoms with Gasteiger partial charge in [0.1, 0.15) is 5.03 Å². The van der Waals surface area contributed by atoms with E-state index in [9.17, 15) is 4.79 Å². The maximum absolute atomic E-state index is 13.1. The van der Waals surface area contributed by atoms with E-state index >= 15 is 0 Å². The number of nitrogens with zero attached hydrogens (tertiary/aromatic N) is 3. The molecule has 8 heteroatoms. The Labute approximate surface area is 234 Å². The lowest BCUT2D eigenvalue weighted by Gasteiger charge is -2.26. The van der Waals surface area contributed by atoms with Gasteiger partial charge in [-0.2, -0.15) is 0 Å². The highest BCUT2D eigenvalue weighted by molar-refractivity contribution is 7.98. The van der Waals surface area contributed by atoms with Crippen LogP contribution in [0.5, 0.6) is 0 Å². The van der Waals surface area contributed by atoms with Crippen LogP contribution in [0.1, 0.15) is 32.0 Å². The lowest BCUT2D eigenvalue weighted by atomic mass is 9.88. The molecule has 202 valence electrons. The van der Waals surface area contributed by atoms with Crippen molar-refractivity contribution in [3.05, 3.63) is 78.2 Å². The smallest absolute Gasteiger partial charge is 0.323 e. The second-order valence-electron chi connectivity index (χ2n) is 10.7. The van der Waals surface area contributed by atoms with Gasteiger partial charge in [-0.3, -0.25) is 9.88 Å². The van der Waals surface area contributed by atoms with Gasteiger partial charge in [-0.05, 0) is 46.4 Å². The molecule has 3 heterocycles. The van der Waals surface area contributed by atoms with Crippen LogP contribution in [0.3, 0.4) is 0 Å². The first-order chi connectivity index (χ1) is 18.8. The van der Waals surface area contributed by atoms with E-state index in [1.165, 1.54) is 11.8 Å². The minimum atomic E-state index is -0.301. The second-order valence-corrected chi connectivity index (χ2v) is 11.5. The molecule has 0 radical (unpaired) electrons. The van der Waals surface area contributed by atoms with E-state index in [2.05, 4.69) is 59.5 Å². The van der Waals surface area contributed by atoms with Crippen LogP contribution in [-0.4, -0.2) is 53.5 Å². The number of hydrogen-bond acceptors (Lipinski definition) is 6. The summed E-state index contributed by atoms with van der Waals surface area (Å²) in [5.74, 6) is 0. The van der Waals surface area contributed by atoms with Crippen LogP contribution >= 0.6 is 11.8 Å². The standard InChI is InChI=1S/C31H35N5O2S/c1-31(2,3)22-17-28(29(39-4)33-19-22)35-30(37)34-27-12-11-24(25-7-5-6-8-26(25)27)21-9-10-23(32-18-21)20-36-13-15-38-16-14-36/h5-12,17-19H,13-16,20H2,1-4H3,(H2,34,35,37). The number of carbonyl (C=O) groups excluding carboxylic acids is 1. The zero-order valence-electron chi connectivity index (χ0n) is 23.0. The van der Waals surface area contributed by atoms with Gasteiger partial charge in [0.2, 0.25) is 0 Å². The molecule has 39 heavy (non-hydrogen) atoms. The highest BCUT2D eigenvalue weighted by atomic mass is 32.2. The Morgan fingerprint density at radius 3 is 2.38 bits per heavy atom. The van der Waals surface area contributed by atoms with Gasteiger partial charge in [0.15, 0.2) is 0 Å². The Morgan fingerprint density at radius 2 is 1.69 bits per heavy atom. The third-order valence-electron chi connectivity index (χ3n) is 6.96. The number of nitrogens with one attached hydrogen (secondary N) is 2. The molecular formula is C31H35N5O2S. The first-order valence-corrected chi connectivity index (χ1v) is 14.4. The largest absolute Gasteiger partial charge is 0.379 e. The Morgan fingerprint density at radius 1 is 0.949 bits per heavy atom. The lowest BCUT2D eigenvalue weighted by Crippen LogP contribution is -2.35. The fourth-order valence-electron chi connectivity index (χ4n) is 4.72. The van der Waals surface area contributed by atoms with Crippen molar-refractivity contribution in [3.63, 3.8) is 0 Å². The minimum Gasteiger partial charge on any atom is -0.379 e. The number of benzene rings is 2. The summed E-state index contributed by atoms with van der Waals surface area (Å²) in [4.78, 5) is 24.8. The number of ether oxygens (including phenoxy) is 1.